The van der Waals surface area contributed by atoms with Gasteiger partial charge >= 0.3 is 0 Å². The third-order valence-electron chi connectivity index (χ3n) is 3.62. The third-order valence-corrected chi connectivity index (χ3v) is 4.65. The quantitative estimate of drug-likeness (QED) is 0.628. The van der Waals surface area contributed by atoms with Crippen LogP contribution in [-0.2, 0) is 0 Å². The summed E-state index contributed by atoms with van der Waals surface area (Å²) >= 11 is 18.7. The fourth-order valence-electron chi connectivity index (χ4n) is 2.62. The monoisotopic (exact) mass is 332 g/mol. The van der Waals surface area contributed by atoms with Gasteiger partial charge in [0.1, 0.15) is 0 Å². The topological polar surface area (TPSA) is 15.3 Å². The minimum atomic E-state index is 0.235. The first kappa shape index (κ1) is 16.1. The highest BCUT2D eigenvalue weighted by Gasteiger charge is 2.24. The first-order valence-corrected chi connectivity index (χ1v) is 7.97. The van der Waals surface area contributed by atoms with E-state index in [1.165, 1.54) is 0 Å². The van der Waals surface area contributed by atoms with Crippen molar-refractivity contribution < 1.29 is 0 Å². The predicted molar refractivity (Wildman–Crippen MR) is 88.1 cm³/mol. The molecule has 1 atom stereocenters. The lowest BCUT2D eigenvalue weighted by molar-refractivity contribution is 0.166. The second-order valence-electron chi connectivity index (χ2n) is 4.96. The van der Waals surface area contributed by atoms with Crippen LogP contribution in [0.5, 0.6) is 0 Å². The molecule has 2 rings (SSSR count). The lowest BCUT2D eigenvalue weighted by Gasteiger charge is -2.35. The molecule has 0 unspecified atom stereocenters. The van der Waals surface area contributed by atoms with Crippen LogP contribution in [0.4, 0.5) is 0 Å². The molecule has 1 heterocycles. The maximum atomic E-state index is 6.40. The smallest absolute Gasteiger partial charge is 0.0641 e. The largest absolute Gasteiger partial charge is 0.314 e. The maximum Gasteiger partial charge on any atom is 0.0641 e. The molecule has 0 bridgehead atoms. The van der Waals surface area contributed by atoms with E-state index in [4.69, 9.17) is 34.8 Å². The fraction of sp³-hybridized carbons (Fsp3) is 0.467. The molecule has 1 saturated heterocycles. The van der Waals surface area contributed by atoms with Crippen molar-refractivity contribution in [3.8, 4) is 0 Å². The van der Waals surface area contributed by atoms with E-state index in [0.717, 1.165) is 44.6 Å². The Bertz CT molecular complexity index is 470. The summed E-state index contributed by atoms with van der Waals surface area (Å²) in [5.41, 5.74) is 1.02. The molecule has 0 aromatic heterocycles. The van der Waals surface area contributed by atoms with Crippen molar-refractivity contribution in [2.75, 3.05) is 26.2 Å². The Labute approximate surface area is 135 Å². The molecule has 1 aliphatic rings. The number of hydrogen-bond acceptors (Lipinski definition) is 2. The van der Waals surface area contributed by atoms with Gasteiger partial charge in [-0.2, -0.15) is 0 Å². The average molecular weight is 334 g/mol. The summed E-state index contributed by atoms with van der Waals surface area (Å²) in [5, 5.41) is 5.14. The molecule has 1 aromatic rings. The molecule has 0 spiro atoms. The van der Waals surface area contributed by atoms with E-state index in [9.17, 15) is 0 Å². The highest BCUT2D eigenvalue weighted by molar-refractivity contribution is 6.43. The van der Waals surface area contributed by atoms with Gasteiger partial charge < -0.3 is 5.32 Å². The van der Waals surface area contributed by atoms with Gasteiger partial charge in [-0.25, -0.2) is 0 Å². The van der Waals surface area contributed by atoms with Crippen LogP contribution in [0.15, 0.2) is 24.8 Å². The van der Waals surface area contributed by atoms with Crippen molar-refractivity contribution in [3.63, 3.8) is 0 Å². The molecule has 0 amide bonds. The summed E-state index contributed by atoms with van der Waals surface area (Å²) in [6, 6.07) is 3.86. The Kier molecular flexibility index (Phi) is 6.19. The molecule has 1 fully saturated rings. The van der Waals surface area contributed by atoms with Crippen LogP contribution in [0.1, 0.15) is 24.4 Å². The number of hydrogen-bond donors (Lipinski definition) is 1. The summed E-state index contributed by atoms with van der Waals surface area (Å²) < 4.78 is 0. The summed E-state index contributed by atoms with van der Waals surface area (Å²) in [6.07, 6.45) is 3.85. The zero-order valence-corrected chi connectivity index (χ0v) is 13.6. The van der Waals surface area contributed by atoms with Gasteiger partial charge in [-0.05, 0) is 30.5 Å². The van der Waals surface area contributed by atoms with Gasteiger partial charge in [0.25, 0.3) is 0 Å². The van der Waals surface area contributed by atoms with Gasteiger partial charge in [0, 0.05) is 37.2 Å². The number of rotatable bonds is 5. The van der Waals surface area contributed by atoms with Gasteiger partial charge in [-0.1, -0.05) is 40.9 Å². The normalized spacial score (nSPS) is 17.9. The van der Waals surface area contributed by atoms with E-state index in [2.05, 4.69) is 16.8 Å². The van der Waals surface area contributed by atoms with E-state index >= 15 is 0 Å². The van der Waals surface area contributed by atoms with Gasteiger partial charge in [-0.15, -0.1) is 6.58 Å². The molecule has 20 heavy (non-hydrogen) atoms. The second-order valence-corrected chi connectivity index (χ2v) is 6.18. The first-order valence-electron chi connectivity index (χ1n) is 6.83. The maximum absolute atomic E-state index is 6.40. The van der Waals surface area contributed by atoms with Gasteiger partial charge in [0.05, 0.1) is 10.0 Å². The summed E-state index contributed by atoms with van der Waals surface area (Å²) in [6.45, 7) is 7.81. The Morgan fingerprint density at radius 1 is 1.25 bits per heavy atom. The molecular formula is C15H19Cl3N2. The van der Waals surface area contributed by atoms with Crippen LogP contribution < -0.4 is 5.32 Å². The molecule has 1 aromatic carbocycles. The molecule has 1 aliphatic heterocycles. The van der Waals surface area contributed by atoms with Gasteiger partial charge in [0.2, 0.25) is 0 Å². The lowest BCUT2D eigenvalue weighted by atomic mass is 9.99. The third kappa shape index (κ3) is 3.90. The Balaban J connectivity index is 2.31. The van der Waals surface area contributed by atoms with E-state index < -0.39 is 0 Å². The molecule has 2 nitrogen and oxygen atoms in total. The van der Waals surface area contributed by atoms with Crippen LogP contribution in [0.3, 0.4) is 0 Å². The van der Waals surface area contributed by atoms with Crippen LogP contribution in [0.2, 0.25) is 15.1 Å². The van der Waals surface area contributed by atoms with E-state index in [0.29, 0.717) is 15.1 Å². The van der Waals surface area contributed by atoms with Crippen molar-refractivity contribution in [1.82, 2.24) is 10.2 Å². The summed E-state index contributed by atoms with van der Waals surface area (Å²) in [7, 11) is 0. The highest BCUT2D eigenvalue weighted by Crippen LogP contribution is 2.37. The molecule has 0 radical (unpaired) electrons. The number of nitrogens with zero attached hydrogens (tertiary/aromatic N) is 1. The Morgan fingerprint density at radius 3 is 2.60 bits per heavy atom. The number of allylic oxidation sites excluding steroid dienone is 1. The number of halogens is 3. The molecule has 5 heteroatoms. The van der Waals surface area contributed by atoms with Crippen LogP contribution in [-0.4, -0.2) is 31.1 Å². The first-order chi connectivity index (χ1) is 9.63. The minimum absolute atomic E-state index is 0.235. The van der Waals surface area contributed by atoms with Crippen molar-refractivity contribution in [3.05, 3.63) is 45.4 Å². The number of nitrogens with one attached hydrogen (secondary N) is 1. The van der Waals surface area contributed by atoms with Crippen LogP contribution in [0, 0.1) is 0 Å². The van der Waals surface area contributed by atoms with E-state index in [1.54, 1.807) is 6.07 Å². The summed E-state index contributed by atoms with van der Waals surface area (Å²) in [4.78, 5) is 2.44. The molecule has 110 valence electrons. The van der Waals surface area contributed by atoms with Crippen LogP contribution >= 0.6 is 34.8 Å². The number of piperazine rings is 1. The predicted octanol–water partition coefficient (Wildman–Crippen LogP) is 4.56. The van der Waals surface area contributed by atoms with Gasteiger partial charge in [-0.3, -0.25) is 4.90 Å². The standard InChI is InChI=1S/C15H19Cl3N2/c1-2-3-4-14(20-7-5-19-6-8-20)12-9-11(16)10-13(17)15(12)18/h2,9-10,14,19H,1,3-8H2/t14-/m1/s1. The summed E-state index contributed by atoms with van der Waals surface area (Å²) in [5.74, 6) is 0. The fourth-order valence-corrected chi connectivity index (χ4v) is 3.37. The number of benzene rings is 1. The highest BCUT2D eigenvalue weighted by atomic mass is 35.5. The molecule has 0 saturated carbocycles. The average Bonchev–Trinajstić information content (AvgIpc) is 2.45. The van der Waals surface area contributed by atoms with E-state index in [-0.39, 0.29) is 6.04 Å². The second kappa shape index (κ2) is 7.67. The Hall–Kier alpha value is -0.250. The van der Waals surface area contributed by atoms with Crippen molar-refractivity contribution in [1.29, 1.82) is 0 Å². The minimum Gasteiger partial charge on any atom is -0.314 e. The van der Waals surface area contributed by atoms with Crippen molar-refractivity contribution >= 4 is 34.8 Å². The lowest BCUT2D eigenvalue weighted by Crippen LogP contribution is -2.45. The van der Waals surface area contributed by atoms with E-state index in [1.807, 2.05) is 12.1 Å². The molecule has 1 N–H and O–H groups in total. The van der Waals surface area contributed by atoms with Crippen molar-refractivity contribution in [2.24, 2.45) is 0 Å². The molecule has 0 aliphatic carbocycles. The SMILES string of the molecule is C=CCC[C@H](c1cc(Cl)cc(Cl)c1Cl)N1CCNCC1. The Morgan fingerprint density at radius 2 is 1.95 bits per heavy atom. The zero-order valence-electron chi connectivity index (χ0n) is 11.3. The van der Waals surface area contributed by atoms with Gasteiger partial charge in [0.15, 0.2) is 0 Å². The zero-order chi connectivity index (χ0) is 14.5. The van der Waals surface area contributed by atoms with Crippen molar-refractivity contribution in [2.45, 2.75) is 18.9 Å². The molecular weight excluding hydrogens is 315 g/mol. The van der Waals surface area contributed by atoms with Crippen LogP contribution in [0.25, 0.3) is 0 Å².